The minimum atomic E-state index is -0.0771. The van der Waals surface area contributed by atoms with Gasteiger partial charge in [-0.25, -0.2) is 0 Å². The average molecular weight is 251 g/mol. The molecular weight excluding hydrogens is 226 g/mol. The zero-order chi connectivity index (χ0) is 13.2. The molecule has 0 aliphatic heterocycles. The van der Waals surface area contributed by atoms with E-state index in [4.69, 9.17) is 4.74 Å². The maximum Gasteiger partial charge on any atom is 0.0640 e. The summed E-state index contributed by atoms with van der Waals surface area (Å²) in [5.41, 5.74) is 2.38. The molecule has 1 fully saturated rings. The van der Waals surface area contributed by atoms with Crippen LogP contribution in [0.25, 0.3) is 0 Å². The standard InChI is InChI=1S/C14H25N3O/c1-11-12(9-15-13-5-6-13)10-17(16-11)8-7-14(2,3)18-4/h10,13,15H,5-9H2,1-4H3. The summed E-state index contributed by atoms with van der Waals surface area (Å²) in [7, 11) is 1.76. The van der Waals surface area contributed by atoms with Crippen LogP contribution in [0.15, 0.2) is 6.20 Å². The Labute approximate surface area is 110 Å². The van der Waals surface area contributed by atoms with Gasteiger partial charge in [-0.2, -0.15) is 5.10 Å². The van der Waals surface area contributed by atoms with Crippen LogP contribution in [0.2, 0.25) is 0 Å². The Morgan fingerprint density at radius 2 is 2.22 bits per heavy atom. The summed E-state index contributed by atoms with van der Waals surface area (Å²) in [6.45, 7) is 8.16. The highest BCUT2D eigenvalue weighted by molar-refractivity contribution is 5.15. The lowest BCUT2D eigenvalue weighted by atomic mass is 10.1. The summed E-state index contributed by atoms with van der Waals surface area (Å²) in [5, 5.41) is 8.10. The first kappa shape index (κ1) is 13.6. The lowest BCUT2D eigenvalue weighted by Crippen LogP contribution is -2.24. The molecule has 1 saturated carbocycles. The monoisotopic (exact) mass is 251 g/mol. The zero-order valence-electron chi connectivity index (χ0n) is 12.0. The highest BCUT2D eigenvalue weighted by Crippen LogP contribution is 2.20. The molecule has 0 aromatic carbocycles. The van der Waals surface area contributed by atoms with Crippen LogP contribution in [0, 0.1) is 6.92 Å². The molecule has 1 aromatic rings. The van der Waals surface area contributed by atoms with Gasteiger partial charge in [0.15, 0.2) is 0 Å². The van der Waals surface area contributed by atoms with Gasteiger partial charge in [-0.15, -0.1) is 0 Å². The lowest BCUT2D eigenvalue weighted by molar-refractivity contribution is 0.0113. The highest BCUT2D eigenvalue weighted by atomic mass is 16.5. The van der Waals surface area contributed by atoms with Gasteiger partial charge in [-0.3, -0.25) is 4.68 Å². The van der Waals surface area contributed by atoms with Crippen molar-refractivity contribution >= 4 is 0 Å². The van der Waals surface area contributed by atoms with Crippen LogP contribution in [-0.2, 0) is 17.8 Å². The first-order chi connectivity index (χ1) is 8.50. The first-order valence-corrected chi connectivity index (χ1v) is 6.81. The predicted octanol–water partition coefficient (Wildman–Crippen LogP) is 2.26. The molecule has 2 rings (SSSR count). The largest absolute Gasteiger partial charge is 0.379 e. The van der Waals surface area contributed by atoms with E-state index >= 15 is 0 Å². The third-order valence-corrected chi connectivity index (χ3v) is 3.70. The van der Waals surface area contributed by atoms with Gasteiger partial charge in [-0.05, 0) is 40.0 Å². The Kier molecular flexibility index (Phi) is 4.07. The summed E-state index contributed by atoms with van der Waals surface area (Å²) in [5.74, 6) is 0. The highest BCUT2D eigenvalue weighted by Gasteiger charge is 2.21. The number of aryl methyl sites for hydroxylation is 2. The van der Waals surface area contributed by atoms with Gasteiger partial charge in [0, 0.05) is 38.0 Å². The Hall–Kier alpha value is -0.870. The molecular formula is C14H25N3O. The van der Waals surface area contributed by atoms with Gasteiger partial charge in [0.05, 0.1) is 11.3 Å². The summed E-state index contributed by atoms with van der Waals surface area (Å²) >= 11 is 0. The van der Waals surface area contributed by atoms with E-state index in [1.54, 1.807) is 7.11 Å². The Bertz CT molecular complexity index is 394. The van der Waals surface area contributed by atoms with Crippen molar-refractivity contribution in [1.82, 2.24) is 15.1 Å². The topological polar surface area (TPSA) is 39.1 Å². The number of nitrogens with one attached hydrogen (secondary N) is 1. The van der Waals surface area contributed by atoms with Gasteiger partial charge in [0.25, 0.3) is 0 Å². The molecule has 1 aromatic heterocycles. The number of methoxy groups -OCH3 is 1. The molecule has 0 atom stereocenters. The predicted molar refractivity (Wildman–Crippen MR) is 72.5 cm³/mol. The summed E-state index contributed by atoms with van der Waals surface area (Å²) in [4.78, 5) is 0. The fraction of sp³-hybridized carbons (Fsp3) is 0.786. The van der Waals surface area contributed by atoms with Gasteiger partial charge in [-0.1, -0.05) is 0 Å². The maximum atomic E-state index is 5.43. The van der Waals surface area contributed by atoms with Crippen molar-refractivity contribution in [3.05, 3.63) is 17.5 Å². The van der Waals surface area contributed by atoms with E-state index < -0.39 is 0 Å². The molecule has 0 bridgehead atoms. The van der Waals surface area contributed by atoms with Gasteiger partial charge >= 0.3 is 0 Å². The summed E-state index contributed by atoms with van der Waals surface area (Å²) in [6.07, 6.45) is 5.79. The van der Waals surface area contributed by atoms with Crippen LogP contribution in [0.5, 0.6) is 0 Å². The van der Waals surface area contributed by atoms with Gasteiger partial charge in [0.2, 0.25) is 0 Å². The van der Waals surface area contributed by atoms with Crippen molar-refractivity contribution in [2.24, 2.45) is 0 Å². The second-order valence-corrected chi connectivity index (χ2v) is 5.87. The van der Waals surface area contributed by atoms with Crippen LogP contribution >= 0.6 is 0 Å². The van der Waals surface area contributed by atoms with Crippen LogP contribution in [0.1, 0.15) is 44.4 Å². The molecule has 102 valence electrons. The SMILES string of the molecule is COC(C)(C)CCn1cc(CNC2CC2)c(C)n1. The second-order valence-electron chi connectivity index (χ2n) is 5.87. The third kappa shape index (κ3) is 3.82. The molecule has 4 heteroatoms. The van der Waals surface area contributed by atoms with Crippen molar-refractivity contribution in [3.8, 4) is 0 Å². The Balaban J connectivity index is 1.86. The molecule has 0 amide bonds. The molecule has 0 spiro atoms. The van der Waals surface area contributed by atoms with Crippen LogP contribution in [0.3, 0.4) is 0 Å². The minimum Gasteiger partial charge on any atom is -0.379 e. The average Bonchev–Trinajstić information content (AvgIpc) is 3.09. The minimum absolute atomic E-state index is 0.0771. The van der Waals surface area contributed by atoms with Crippen LogP contribution < -0.4 is 5.32 Å². The molecule has 1 heterocycles. The van der Waals surface area contributed by atoms with Crippen molar-refractivity contribution in [1.29, 1.82) is 0 Å². The number of rotatable bonds is 7. The van der Waals surface area contributed by atoms with E-state index in [0.29, 0.717) is 0 Å². The molecule has 1 aliphatic rings. The molecule has 1 aliphatic carbocycles. The van der Waals surface area contributed by atoms with Crippen molar-refractivity contribution < 1.29 is 4.74 Å². The molecule has 4 nitrogen and oxygen atoms in total. The van der Waals surface area contributed by atoms with Crippen molar-refractivity contribution in [2.45, 2.75) is 64.8 Å². The molecule has 0 radical (unpaired) electrons. The molecule has 1 N–H and O–H groups in total. The number of hydrogen-bond donors (Lipinski definition) is 1. The van der Waals surface area contributed by atoms with E-state index in [-0.39, 0.29) is 5.60 Å². The molecule has 0 unspecified atom stereocenters. The smallest absolute Gasteiger partial charge is 0.0640 e. The number of nitrogens with zero attached hydrogens (tertiary/aromatic N) is 2. The Morgan fingerprint density at radius 3 is 2.83 bits per heavy atom. The second kappa shape index (κ2) is 5.41. The zero-order valence-corrected chi connectivity index (χ0v) is 12.0. The fourth-order valence-electron chi connectivity index (χ4n) is 1.87. The van der Waals surface area contributed by atoms with E-state index in [1.165, 1.54) is 18.4 Å². The van der Waals surface area contributed by atoms with E-state index in [2.05, 4.69) is 37.4 Å². The Morgan fingerprint density at radius 1 is 1.50 bits per heavy atom. The van der Waals surface area contributed by atoms with Crippen LogP contribution in [0.4, 0.5) is 0 Å². The number of aromatic nitrogens is 2. The quantitative estimate of drug-likeness (QED) is 0.808. The first-order valence-electron chi connectivity index (χ1n) is 6.81. The van der Waals surface area contributed by atoms with Gasteiger partial charge < -0.3 is 10.1 Å². The summed E-state index contributed by atoms with van der Waals surface area (Å²) < 4.78 is 7.47. The van der Waals surface area contributed by atoms with Crippen molar-refractivity contribution in [3.63, 3.8) is 0 Å². The van der Waals surface area contributed by atoms with Crippen molar-refractivity contribution in [2.75, 3.05) is 7.11 Å². The number of hydrogen-bond acceptors (Lipinski definition) is 3. The van der Waals surface area contributed by atoms with E-state index in [1.807, 2.05) is 4.68 Å². The summed E-state index contributed by atoms with van der Waals surface area (Å²) in [6, 6.07) is 0.750. The van der Waals surface area contributed by atoms with Crippen LogP contribution in [-0.4, -0.2) is 28.5 Å². The number of ether oxygens (including phenoxy) is 1. The fourth-order valence-corrected chi connectivity index (χ4v) is 1.87. The normalized spacial score (nSPS) is 16.2. The van der Waals surface area contributed by atoms with Gasteiger partial charge in [0.1, 0.15) is 0 Å². The van der Waals surface area contributed by atoms with E-state index in [0.717, 1.165) is 31.2 Å². The maximum absolute atomic E-state index is 5.43. The third-order valence-electron chi connectivity index (χ3n) is 3.70. The molecule has 18 heavy (non-hydrogen) atoms. The molecule has 0 saturated heterocycles. The lowest BCUT2D eigenvalue weighted by Gasteiger charge is -2.22. The van der Waals surface area contributed by atoms with E-state index in [9.17, 15) is 0 Å².